The molecule has 0 aromatic heterocycles. The number of nitrogens with one attached hydrogen (secondary N) is 1. The van der Waals surface area contributed by atoms with Crippen LogP contribution in [-0.2, 0) is 20.0 Å². The fourth-order valence-electron chi connectivity index (χ4n) is 2.66. The monoisotopic (exact) mass is 396 g/mol. The number of nitrogens with zero attached hydrogens (tertiary/aromatic N) is 1. The predicted molar refractivity (Wildman–Crippen MR) is 104 cm³/mol. The van der Waals surface area contributed by atoms with Crippen molar-refractivity contribution in [1.82, 2.24) is 4.72 Å². The minimum Gasteiger partial charge on any atom is -0.269 e. The van der Waals surface area contributed by atoms with Crippen LogP contribution in [0.1, 0.15) is 16.7 Å². The topological polar surface area (TPSA) is 83.6 Å². The van der Waals surface area contributed by atoms with Crippen LogP contribution in [0.25, 0.3) is 0 Å². The summed E-state index contributed by atoms with van der Waals surface area (Å²) in [7, 11) is -7.26. The van der Waals surface area contributed by atoms with Gasteiger partial charge in [-0.25, -0.2) is 21.6 Å². The first-order chi connectivity index (χ1) is 12.0. The number of hydrogen-bond acceptors (Lipinski definition) is 4. The number of anilines is 1. The van der Waals surface area contributed by atoms with Gasteiger partial charge in [0.15, 0.2) is 0 Å². The summed E-state index contributed by atoms with van der Waals surface area (Å²) in [4.78, 5) is 0.208. The van der Waals surface area contributed by atoms with Crippen LogP contribution in [0.3, 0.4) is 0 Å². The molecule has 2 rings (SSSR count). The Hall–Kier alpha value is -1.90. The first-order valence-electron chi connectivity index (χ1n) is 8.12. The maximum atomic E-state index is 12.6. The highest BCUT2D eigenvalue weighted by atomic mass is 32.2. The molecule has 0 aliphatic heterocycles. The molecule has 0 fully saturated rings. The number of sulfonamides is 2. The molecule has 0 amide bonds. The molecule has 142 valence electrons. The molecule has 0 spiro atoms. The Morgan fingerprint density at radius 1 is 0.923 bits per heavy atom. The van der Waals surface area contributed by atoms with Crippen LogP contribution < -0.4 is 9.03 Å². The van der Waals surface area contributed by atoms with E-state index in [1.807, 2.05) is 32.0 Å². The van der Waals surface area contributed by atoms with Crippen LogP contribution in [-0.4, -0.2) is 36.2 Å². The van der Waals surface area contributed by atoms with Gasteiger partial charge in [0.25, 0.3) is 0 Å². The third kappa shape index (κ3) is 4.84. The van der Waals surface area contributed by atoms with Gasteiger partial charge in [-0.2, -0.15) is 0 Å². The first kappa shape index (κ1) is 20.4. The van der Waals surface area contributed by atoms with Crippen molar-refractivity contribution < 1.29 is 16.8 Å². The Morgan fingerprint density at radius 3 is 2.19 bits per heavy atom. The lowest BCUT2D eigenvalue weighted by molar-refractivity contribution is 0.577. The number of rotatable bonds is 7. The Morgan fingerprint density at radius 2 is 1.58 bits per heavy atom. The zero-order valence-electron chi connectivity index (χ0n) is 15.4. The zero-order valence-corrected chi connectivity index (χ0v) is 17.0. The molecule has 0 aliphatic carbocycles. The summed E-state index contributed by atoms with van der Waals surface area (Å²) in [5, 5.41) is 0. The van der Waals surface area contributed by atoms with E-state index in [2.05, 4.69) is 4.72 Å². The van der Waals surface area contributed by atoms with Crippen molar-refractivity contribution in [2.45, 2.75) is 25.7 Å². The molecule has 0 saturated carbocycles. The van der Waals surface area contributed by atoms with Gasteiger partial charge in [-0.05, 0) is 49.6 Å². The fraction of sp³-hybridized carbons (Fsp3) is 0.333. The van der Waals surface area contributed by atoms with E-state index in [-0.39, 0.29) is 18.0 Å². The van der Waals surface area contributed by atoms with E-state index >= 15 is 0 Å². The van der Waals surface area contributed by atoms with Crippen LogP contribution in [0.2, 0.25) is 0 Å². The standard InChI is InChI=1S/C18H24N2O4S2/c1-14-9-10-16(3)18(13-14)26(23,24)19-11-12-20(25(4,21)22)17-8-6-5-7-15(17)2/h5-10,13,19H,11-12H2,1-4H3. The number of hydrogen-bond donors (Lipinski definition) is 1. The lowest BCUT2D eigenvalue weighted by atomic mass is 10.2. The maximum Gasteiger partial charge on any atom is 0.240 e. The molecule has 8 heteroatoms. The van der Waals surface area contributed by atoms with Crippen LogP contribution >= 0.6 is 0 Å². The molecule has 0 heterocycles. The van der Waals surface area contributed by atoms with Gasteiger partial charge < -0.3 is 0 Å². The van der Waals surface area contributed by atoms with Gasteiger partial charge in [0.05, 0.1) is 16.8 Å². The molecule has 0 radical (unpaired) electrons. The van der Waals surface area contributed by atoms with E-state index in [0.717, 1.165) is 17.4 Å². The van der Waals surface area contributed by atoms with Crippen molar-refractivity contribution in [3.8, 4) is 0 Å². The molecule has 6 nitrogen and oxygen atoms in total. The molecule has 0 saturated heterocycles. The predicted octanol–water partition coefficient (Wildman–Crippen LogP) is 2.36. The Bertz CT molecular complexity index is 1000. The fourth-order valence-corrected chi connectivity index (χ4v) is 5.00. The Balaban J connectivity index is 2.20. The van der Waals surface area contributed by atoms with Crippen LogP contribution in [0.4, 0.5) is 5.69 Å². The molecule has 0 aliphatic rings. The first-order valence-corrected chi connectivity index (χ1v) is 11.5. The SMILES string of the molecule is Cc1ccc(C)c(S(=O)(=O)NCCN(c2ccccc2C)S(C)(=O)=O)c1. The van der Waals surface area contributed by atoms with E-state index in [4.69, 9.17) is 0 Å². The van der Waals surface area contributed by atoms with Gasteiger partial charge in [0, 0.05) is 13.1 Å². The summed E-state index contributed by atoms with van der Waals surface area (Å²) in [6, 6.07) is 12.3. The van der Waals surface area contributed by atoms with E-state index in [1.165, 1.54) is 4.31 Å². The van der Waals surface area contributed by atoms with Gasteiger partial charge in [-0.1, -0.05) is 30.3 Å². The highest BCUT2D eigenvalue weighted by Gasteiger charge is 2.21. The van der Waals surface area contributed by atoms with Gasteiger partial charge in [0.2, 0.25) is 20.0 Å². The second-order valence-electron chi connectivity index (χ2n) is 6.29. The largest absolute Gasteiger partial charge is 0.269 e. The zero-order chi connectivity index (χ0) is 19.5. The normalized spacial score (nSPS) is 12.2. The smallest absolute Gasteiger partial charge is 0.240 e. The molecular weight excluding hydrogens is 372 g/mol. The molecular formula is C18H24N2O4S2. The van der Waals surface area contributed by atoms with Crippen LogP contribution in [0.15, 0.2) is 47.4 Å². The van der Waals surface area contributed by atoms with Crippen molar-refractivity contribution in [3.05, 3.63) is 59.2 Å². The summed E-state index contributed by atoms with van der Waals surface area (Å²) in [5.41, 5.74) is 2.83. The van der Waals surface area contributed by atoms with E-state index in [1.54, 1.807) is 31.2 Å². The van der Waals surface area contributed by atoms with Crippen molar-refractivity contribution in [2.75, 3.05) is 23.7 Å². The van der Waals surface area contributed by atoms with Crippen LogP contribution in [0.5, 0.6) is 0 Å². The summed E-state index contributed by atoms with van der Waals surface area (Å²) in [6.45, 7) is 5.34. The van der Waals surface area contributed by atoms with Gasteiger partial charge in [-0.3, -0.25) is 4.31 Å². The minimum atomic E-state index is -3.72. The molecule has 0 atom stereocenters. The maximum absolute atomic E-state index is 12.6. The third-order valence-electron chi connectivity index (χ3n) is 4.02. The van der Waals surface area contributed by atoms with Crippen molar-refractivity contribution in [3.63, 3.8) is 0 Å². The lowest BCUT2D eigenvalue weighted by Crippen LogP contribution is -2.38. The number of para-hydroxylation sites is 1. The molecule has 2 aromatic carbocycles. The molecule has 1 N–H and O–H groups in total. The second-order valence-corrected chi connectivity index (χ2v) is 9.93. The third-order valence-corrected chi connectivity index (χ3v) is 6.81. The van der Waals surface area contributed by atoms with Crippen LogP contribution in [0, 0.1) is 20.8 Å². The Labute approximate surface area is 156 Å². The lowest BCUT2D eigenvalue weighted by Gasteiger charge is -2.24. The summed E-state index contributed by atoms with van der Waals surface area (Å²) < 4.78 is 53.2. The molecule has 0 unspecified atom stereocenters. The summed E-state index contributed by atoms with van der Waals surface area (Å²) in [6.07, 6.45) is 1.11. The van der Waals surface area contributed by atoms with Gasteiger partial charge in [0.1, 0.15) is 0 Å². The molecule has 26 heavy (non-hydrogen) atoms. The van der Waals surface area contributed by atoms with E-state index in [0.29, 0.717) is 11.3 Å². The quantitative estimate of drug-likeness (QED) is 0.779. The summed E-state index contributed by atoms with van der Waals surface area (Å²) in [5.74, 6) is 0. The van der Waals surface area contributed by atoms with E-state index < -0.39 is 20.0 Å². The highest BCUT2D eigenvalue weighted by Crippen LogP contribution is 2.22. The highest BCUT2D eigenvalue weighted by molar-refractivity contribution is 7.92. The van der Waals surface area contributed by atoms with Crippen molar-refractivity contribution >= 4 is 25.7 Å². The van der Waals surface area contributed by atoms with Crippen molar-refractivity contribution in [2.24, 2.45) is 0 Å². The second kappa shape index (κ2) is 7.77. The molecule has 0 bridgehead atoms. The van der Waals surface area contributed by atoms with Gasteiger partial charge >= 0.3 is 0 Å². The Kier molecular flexibility index (Phi) is 6.10. The van der Waals surface area contributed by atoms with E-state index in [9.17, 15) is 16.8 Å². The van der Waals surface area contributed by atoms with Gasteiger partial charge in [-0.15, -0.1) is 0 Å². The van der Waals surface area contributed by atoms with Crippen molar-refractivity contribution in [1.29, 1.82) is 0 Å². The molecule has 2 aromatic rings. The minimum absolute atomic E-state index is 0.00772. The number of aryl methyl sites for hydroxylation is 3. The average molecular weight is 397 g/mol. The average Bonchev–Trinajstić information content (AvgIpc) is 2.53. The summed E-state index contributed by atoms with van der Waals surface area (Å²) >= 11 is 0. The number of benzene rings is 2.